The number of rotatable bonds is 6. The first-order valence-corrected chi connectivity index (χ1v) is 9.71. The number of benzene rings is 1. The van der Waals surface area contributed by atoms with E-state index in [9.17, 15) is 0 Å². The van der Waals surface area contributed by atoms with Crippen LogP contribution in [-0.2, 0) is 23.7 Å². The lowest BCUT2D eigenvalue weighted by molar-refractivity contribution is 0.107. The fraction of sp³-hybridized carbons (Fsp3) is 0.571. The average molecular weight is 354 g/mol. The van der Waals surface area contributed by atoms with Crippen LogP contribution in [0, 0.1) is 0 Å². The molecule has 1 saturated heterocycles. The molecule has 0 saturated carbocycles. The van der Waals surface area contributed by atoms with Gasteiger partial charge in [0.1, 0.15) is 0 Å². The Morgan fingerprint density at radius 2 is 2.08 bits per heavy atom. The van der Waals surface area contributed by atoms with Gasteiger partial charge in [-0.05, 0) is 48.9 Å². The van der Waals surface area contributed by atoms with Gasteiger partial charge in [-0.1, -0.05) is 24.3 Å². The SMILES string of the molecule is COCCN1CCC2(CC1)C[C@@H](NCc1cncn1C)c1ccccc12. The minimum absolute atomic E-state index is 0.338. The number of imidazole rings is 1. The van der Waals surface area contributed by atoms with Crippen molar-refractivity contribution in [2.45, 2.75) is 37.3 Å². The van der Waals surface area contributed by atoms with E-state index in [1.807, 2.05) is 12.5 Å². The molecule has 0 amide bonds. The average Bonchev–Trinajstić information content (AvgIpc) is 3.22. The molecule has 1 aliphatic carbocycles. The molecule has 4 rings (SSSR count). The third kappa shape index (κ3) is 3.31. The standard InChI is InChI=1S/C21H30N4O/c1-24-16-22-14-17(24)15-23-20-13-21(19-6-4-3-5-18(19)20)7-9-25(10-8-21)11-12-26-2/h3-6,14,16,20,23H,7-13,15H2,1-2H3/t20-/m1/s1. The summed E-state index contributed by atoms with van der Waals surface area (Å²) in [6.45, 7) is 5.10. The number of aryl methyl sites for hydroxylation is 1. The van der Waals surface area contributed by atoms with Gasteiger partial charge in [0.25, 0.3) is 0 Å². The van der Waals surface area contributed by atoms with E-state index < -0.39 is 0 Å². The van der Waals surface area contributed by atoms with Gasteiger partial charge >= 0.3 is 0 Å². The van der Waals surface area contributed by atoms with E-state index in [0.29, 0.717) is 11.5 Å². The van der Waals surface area contributed by atoms with Crippen molar-refractivity contribution in [3.05, 3.63) is 53.6 Å². The summed E-state index contributed by atoms with van der Waals surface area (Å²) in [6, 6.07) is 9.52. The number of nitrogens with one attached hydrogen (secondary N) is 1. The monoisotopic (exact) mass is 354 g/mol. The van der Waals surface area contributed by atoms with Crippen LogP contribution >= 0.6 is 0 Å². The predicted octanol–water partition coefficient (Wildman–Crippen LogP) is 2.63. The van der Waals surface area contributed by atoms with Crippen LogP contribution in [0.2, 0.25) is 0 Å². The third-order valence-electron chi connectivity index (χ3n) is 6.37. The van der Waals surface area contributed by atoms with Crippen LogP contribution in [0.5, 0.6) is 0 Å². The molecule has 0 unspecified atom stereocenters. The molecule has 26 heavy (non-hydrogen) atoms. The van der Waals surface area contributed by atoms with Crippen molar-refractivity contribution >= 4 is 0 Å². The smallest absolute Gasteiger partial charge is 0.0945 e. The van der Waals surface area contributed by atoms with Crippen LogP contribution in [0.25, 0.3) is 0 Å². The van der Waals surface area contributed by atoms with Crippen LogP contribution in [0.4, 0.5) is 0 Å². The summed E-state index contributed by atoms with van der Waals surface area (Å²) in [5.41, 5.74) is 4.65. The Morgan fingerprint density at radius 1 is 1.27 bits per heavy atom. The zero-order valence-electron chi connectivity index (χ0n) is 15.9. The van der Waals surface area contributed by atoms with Crippen molar-refractivity contribution < 1.29 is 4.74 Å². The number of aromatic nitrogens is 2. The number of nitrogens with zero attached hydrogens (tertiary/aromatic N) is 3. The second-order valence-corrected chi connectivity index (χ2v) is 7.84. The summed E-state index contributed by atoms with van der Waals surface area (Å²) in [5.74, 6) is 0. The minimum Gasteiger partial charge on any atom is -0.383 e. The van der Waals surface area contributed by atoms with Gasteiger partial charge in [0.15, 0.2) is 0 Å². The fourth-order valence-corrected chi connectivity index (χ4v) is 4.76. The van der Waals surface area contributed by atoms with Gasteiger partial charge in [-0.15, -0.1) is 0 Å². The number of hydrogen-bond donors (Lipinski definition) is 1. The molecule has 2 aliphatic rings. The van der Waals surface area contributed by atoms with Crippen molar-refractivity contribution in [2.24, 2.45) is 7.05 Å². The number of likely N-dealkylation sites (tertiary alicyclic amines) is 1. The van der Waals surface area contributed by atoms with E-state index in [4.69, 9.17) is 4.74 Å². The fourth-order valence-electron chi connectivity index (χ4n) is 4.76. The highest BCUT2D eigenvalue weighted by Crippen LogP contribution is 2.50. The number of ether oxygens (including phenoxy) is 1. The zero-order valence-corrected chi connectivity index (χ0v) is 15.9. The molecule has 1 aromatic heterocycles. The lowest BCUT2D eigenvalue weighted by Crippen LogP contribution is -2.43. The first-order valence-electron chi connectivity index (χ1n) is 9.71. The van der Waals surface area contributed by atoms with Crippen molar-refractivity contribution in [3.8, 4) is 0 Å². The van der Waals surface area contributed by atoms with Crippen molar-refractivity contribution in [1.29, 1.82) is 0 Å². The molecule has 2 heterocycles. The van der Waals surface area contributed by atoms with E-state index in [1.165, 1.54) is 43.6 Å². The van der Waals surface area contributed by atoms with Crippen LogP contribution < -0.4 is 5.32 Å². The lowest BCUT2D eigenvalue weighted by atomic mass is 9.73. The zero-order chi connectivity index (χ0) is 18.0. The Labute approximate surface area is 156 Å². The lowest BCUT2D eigenvalue weighted by Gasteiger charge is -2.40. The highest BCUT2D eigenvalue weighted by atomic mass is 16.5. The Balaban J connectivity index is 1.47. The first-order chi connectivity index (χ1) is 12.7. The molecular weight excluding hydrogens is 324 g/mol. The van der Waals surface area contributed by atoms with E-state index in [2.05, 4.69) is 51.1 Å². The largest absolute Gasteiger partial charge is 0.383 e. The van der Waals surface area contributed by atoms with Gasteiger partial charge in [-0.2, -0.15) is 0 Å². The number of hydrogen-bond acceptors (Lipinski definition) is 4. The second kappa shape index (κ2) is 7.51. The maximum absolute atomic E-state index is 5.25. The highest BCUT2D eigenvalue weighted by molar-refractivity contribution is 5.42. The Kier molecular flexibility index (Phi) is 5.11. The van der Waals surface area contributed by atoms with Crippen molar-refractivity contribution in [3.63, 3.8) is 0 Å². The summed E-state index contributed by atoms with van der Waals surface area (Å²) in [7, 11) is 3.85. The summed E-state index contributed by atoms with van der Waals surface area (Å²) in [4.78, 5) is 6.78. The number of methoxy groups -OCH3 is 1. The molecule has 0 bridgehead atoms. The molecule has 1 N–H and O–H groups in total. The molecule has 1 atom stereocenters. The maximum Gasteiger partial charge on any atom is 0.0945 e. The van der Waals surface area contributed by atoms with Gasteiger partial charge in [-0.25, -0.2) is 4.98 Å². The van der Waals surface area contributed by atoms with Crippen molar-refractivity contribution in [2.75, 3.05) is 33.4 Å². The van der Waals surface area contributed by atoms with Crippen LogP contribution in [0.15, 0.2) is 36.8 Å². The predicted molar refractivity (Wildman–Crippen MR) is 103 cm³/mol. The Hall–Kier alpha value is -1.69. The normalized spacial score (nSPS) is 22.0. The summed E-state index contributed by atoms with van der Waals surface area (Å²) in [6.07, 6.45) is 7.53. The topological polar surface area (TPSA) is 42.3 Å². The van der Waals surface area contributed by atoms with E-state index in [1.54, 1.807) is 12.7 Å². The first kappa shape index (κ1) is 17.7. The number of fused-ring (bicyclic) bond motifs is 2. The van der Waals surface area contributed by atoms with Gasteiger partial charge < -0.3 is 19.5 Å². The van der Waals surface area contributed by atoms with E-state index in [0.717, 1.165) is 19.7 Å². The molecule has 2 aromatic rings. The van der Waals surface area contributed by atoms with Crippen LogP contribution in [-0.4, -0.2) is 47.8 Å². The summed E-state index contributed by atoms with van der Waals surface area (Å²) < 4.78 is 7.35. The minimum atomic E-state index is 0.338. The second-order valence-electron chi connectivity index (χ2n) is 7.84. The van der Waals surface area contributed by atoms with Crippen molar-refractivity contribution in [1.82, 2.24) is 19.8 Å². The third-order valence-corrected chi connectivity index (χ3v) is 6.37. The van der Waals surface area contributed by atoms with Gasteiger partial charge in [-0.3, -0.25) is 0 Å². The molecule has 5 heteroatoms. The molecule has 1 spiro atoms. The molecule has 0 radical (unpaired) electrons. The van der Waals surface area contributed by atoms with Crippen LogP contribution in [0.1, 0.15) is 42.1 Å². The molecule has 1 fully saturated rings. The molecular formula is C21H30N4O. The Morgan fingerprint density at radius 3 is 2.81 bits per heavy atom. The Bertz CT molecular complexity index is 733. The molecule has 5 nitrogen and oxygen atoms in total. The highest BCUT2D eigenvalue weighted by Gasteiger charge is 2.44. The summed E-state index contributed by atoms with van der Waals surface area (Å²) >= 11 is 0. The molecule has 1 aliphatic heterocycles. The quantitative estimate of drug-likeness (QED) is 0.866. The van der Waals surface area contributed by atoms with E-state index in [-0.39, 0.29) is 0 Å². The molecule has 1 aromatic carbocycles. The summed E-state index contributed by atoms with van der Waals surface area (Å²) in [5, 5.41) is 3.80. The van der Waals surface area contributed by atoms with Gasteiger partial charge in [0.05, 0.1) is 18.6 Å². The number of piperidine rings is 1. The van der Waals surface area contributed by atoms with Gasteiger partial charge in [0.2, 0.25) is 0 Å². The molecule has 140 valence electrons. The van der Waals surface area contributed by atoms with Crippen LogP contribution in [0.3, 0.4) is 0 Å². The maximum atomic E-state index is 5.25. The van der Waals surface area contributed by atoms with Gasteiger partial charge in [0, 0.05) is 39.5 Å². The van der Waals surface area contributed by atoms with E-state index >= 15 is 0 Å².